The van der Waals surface area contributed by atoms with Crippen LogP contribution in [0.5, 0.6) is 0 Å². The van der Waals surface area contributed by atoms with Gasteiger partial charge in [0, 0.05) is 31.8 Å². The van der Waals surface area contributed by atoms with Crippen molar-refractivity contribution >= 4 is 5.69 Å². The van der Waals surface area contributed by atoms with E-state index in [0.717, 1.165) is 38.3 Å². The van der Waals surface area contributed by atoms with Crippen LogP contribution in [-0.2, 0) is 6.54 Å². The highest BCUT2D eigenvalue weighted by molar-refractivity contribution is 5.32. The van der Waals surface area contributed by atoms with E-state index < -0.39 is 0 Å². The Hall–Kier alpha value is -1.46. The molecule has 1 aliphatic heterocycles. The van der Waals surface area contributed by atoms with Gasteiger partial charge in [0.15, 0.2) is 0 Å². The first-order chi connectivity index (χ1) is 8.65. The highest BCUT2D eigenvalue weighted by atomic mass is 16.6. The van der Waals surface area contributed by atoms with E-state index in [9.17, 15) is 10.1 Å². The van der Waals surface area contributed by atoms with Crippen LogP contribution in [0, 0.1) is 10.1 Å². The standard InChI is InChI=1S/C13H19N3O2/c1-14-7-2-8-15(10-9-14)11-12-3-5-13(6-4-12)16(17)18/h3-6H,2,7-11H2,1H3. The summed E-state index contributed by atoms with van der Waals surface area (Å²) in [5.41, 5.74) is 1.31. The monoisotopic (exact) mass is 249 g/mol. The normalized spacial score (nSPS) is 18.5. The maximum absolute atomic E-state index is 10.6. The molecule has 1 heterocycles. The third kappa shape index (κ3) is 3.51. The summed E-state index contributed by atoms with van der Waals surface area (Å²) in [4.78, 5) is 15.0. The van der Waals surface area contributed by atoms with E-state index >= 15 is 0 Å². The molecule has 0 bridgehead atoms. The van der Waals surface area contributed by atoms with Crippen molar-refractivity contribution in [3.8, 4) is 0 Å². The molecule has 0 spiro atoms. The second-order valence-electron chi connectivity index (χ2n) is 4.86. The Labute approximate surface area is 107 Å². The maximum Gasteiger partial charge on any atom is 0.269 e. The Morgan fingerprint density at radius 1 is 1.17 bits per heavy atom. The van der Waals surface area contributed by atoms with Gasteiger partial charge < -0.3 is 4.90 Å². The van der Waals surface area contributed by atoms with Crippen molar-refractivity contribution in [3.05, 3.63) is 39.9 Å². The zero-order valence-corrected chi connectivity index (χ0v) is 10.7. The second-order valence-corrected chi connectivity index (χ2v) is 4.86. The van der Waals surface area contributed by atoms with Crippen molar-refractivity contribution in [1.29, 1.82) is 0 Å². The van der Waals surface area contributed by atoms with Gasteiger partial charge >= 0.3 is 0 Å². The van der Waals surface area contributed by atoms with Crippen molar-refractivity contribution in [3.63, 3.8) is 0 Å². The van der Waals surface area contributed by atoms with Crippen LogP contribution in [0.15, 0.2) is 24.3 Å². The van der Waals surface area contributed by atoms with Gasteiger partial charge in [0.05, 0.1) is 4.92 Å². The summed E-state index contributed by atoms with van der Waals surface area (Å²) in [5, 5.41) is 10.6. The molecule has 2 rings (SSSR count). The second kappa shape index (κ2) is 5.93. The third-order valence-electron chi connectivity index (χ3n) is 3.37. The average molecular weight is 249 g/mol. The largest absolute Gasteiger partial charge is 0.305 e. The van der Waals surface area contributed by atoms with Gasteiger partial charge in [0.1, 0.15) is 0 Å². The lowest BCUT2D eigenvalue weighted by Crippen LogP contribution is -2.28. The molecule has 0 saturated carbocycles. The zero-order valence-electron chi connectivity index (χ0n) is 10.7. The lowest BCUT2D eigenvalue weighted by molar-refractivity contribution is -0.384. The van der Waals surface area contributed by atoms with Crippen LogP contribution in [0.3, 0.4) is 0 Å². The summed E-state index contributed by atoms with van der Waals surface area (Å²) in [6, 6.07) is 6.87. The van der Waals surface area contributed by atoms with E-state index in [1.807, 2.05) is 12.1 Å². The van der Waals surface area contributed by atoms with Crippen LogP contribution in [0.25, 0.3) is 0 Å². The predicted molar refractivity (Wildman–Crippen MR) is 70.5 cm³/mol. The van der Waals surface area contributed by atoms with Crippen LogP contribution < -0.4 is 0 Å². The molecule has 0 aromatic heterocycles. The van der Waals surface area contributed by atoms with Crippen LogP contribution in [-0.4, -0.2) is 47.9 Å². The van der Waals surface area contributed by atoms with Gasteiger partial charge in [-0.1, -0.05) is 12.1 Å². The first kappa shape index (κ1) is 13.0. The van der Waals surface area contributed by atoms with Gasteiger partial charge in [0.25, 0.3) is 5.69 Å². The minimum absolute atomic E-state index is 0.161. The molecule has 5 heteroatoms. The summed E-state index contributed by atoms with van der Waals surface area (Å²) < 4.78 is 0. The van der Waals surface area contributed by atoms with E-state index in [4.69, 9.17) is 0 Å². The number of nitro groups is 1. The van der Waals surface area contributed by atoms with Gasteiger partial charge in [-0.05, 0) is 32.1 Å². The number of benzene rings is 1. The van der Waals surface area contributed by atoms with E-state index in [1.165, 1.54) is 6.42 Å². The minimum atomic E-state index is -0.356. The molecule has 0 N–H and O–H groups in total. The number of nitrogens with zero attached hydrogens (tertiary/aromatic N) is 3. The van der Waals surface area contributed by atoms with Crippen molar-refractivity contribution < 1.29 is 4.92 Å². The fraction of sp³-hybridized carbons (Fsp3) is 0.538. The van der Waals surface area contributed by atoms with Gasteiger partial charge in [-0.2, -0.15) is 0 Å². The van der Waals surface area contributed by atoms with E-state index in [2.05, 4.69) is 16.8 Å². The average Bonchev–Trinajstić information content (AvgIpc) is 2.55. The molecule has 0 radical (unpaired) electrons. The molecular formula is C13H19N3O2. The molecular weight excluding hydrogens is 230 g/mol. The number of likely N-dealkylation sites (N-methyl/N-ethyl adjacent to an activating group) is 1. The van der Waals surface area contributed by atoms with Gasteiger partial charge in [-0.15, -0.1) is 0 Å². The molecule has 98 valence electrons. The van der Waals surface area contributed by atoms with Crippen molar-refractivity contribution in [2.45, 2.75) is 13.0 Å². The topological polar surface area (TPSA) is 49.6 Å². The van der Waals surface area contributed by atoms with Crippen LogP contribution in [0.4, 0.5) is 5.69 Å². The van der Waals surface area contributed by atoms with Gasteiger partial charge in [-0.25, -0.2) is 0 Å². The zero-order chi connectivity index (χ0) is 13.0. The lowest BCUT2D eigenvalue weighted by Gasteiger charge is -2.19. The number of hydrogen-bond acceptors (Lipinski definition) is 4. The SMILES string of the molecule is CN1CCCN(Cc2ccc([N+](=O)[O-])cc2)CC1. The van der Waals surface area contributed by atoms with Crippen molar-refractivity contribution in [2.24, 2.45) is 0 Å². The molecule has 1 fully saturated rings. The quantitative estimate of drug-likeness (QED) is 0.604. The van der Waals surface area contributed by atoms with E-state index in [1.54, 1.807) is 12.1 Å². The number of non-ortho nitro benzene ring substituents is 1. The fourth-order valence-electron chi connectivity index (χ4n) is 2.24. The number of nitro benzene ring substituents is 1. The fourth-order valence-corrected chi connectivity index (χ4v) is 2.24. The molecule has 5 nitrogen and oxygen atoms in total. The Morgan fingerprint density at radius 2 is 1.89 bits per heavy atom. The van der Waals surface area contributed by atoms with E-state index in [0.29, 0.717) is 0 Å². The molecule has 0 unspecified atom stereocenters. The Morgan fingerprint density at radius 3 is 2.56 bits per heavy atom. The molecule has 1 saturated heterocycles. The van der Waals surface area contributed by atoms with Crippen molar-refractivity contribution in [1.82, 2.24) is 9.80 Å². The minimum Gasteiger partial charge on any atom is -0.305 e. The smallest absolute Gasteiger partial charge is 0.269 e. The molecule has 0 aliphatic carbocycles. The highest BCUT2D eigenvalue weighted by Gasteiger charge is 2.12. The molecule has 0 atom stereocenters. The summed E-state index contributed by atoms with van der Waals surface area (Å²) in [6.07, 6.45) is 1.18. The van der Waals surface area contributed by atoms with Crippen LogP contribution in [0.2, 0.25) is 0 Å². The van der Waals surface area contributed by atoms with Crippen LogP contribution >= 0.6 is 0 Å². The van der Waals surface area contributed by atoms with E-state index in [-0.39, 0.29) is 10.6 Å². The van der Waals surface area contributed by atoms with Crippen molar-refractivity contribution in [2.75, 3.05) is 33.2 Å². The summed E-state index contributed by atoms with van der Waals surface area (Å²) in [7, 11) is 2.15. The predicted octanol–water partition coefficient (Wildman–Crippen LogP) is 1.73. The number of hydrogen-bond donors (Lipinski definition) is 0. The first-order valence-corrected chi connectivity index (χ1v) is 6.29. The summed E-state index contributed by atoms with van der Waals surface area (Å²) in [6.45, 7) is 5.28. The molecule has 1 aromatic rings. The highest BCUT2D eigenvalue weighted by Crippen LogP contribution is 2.14. The van der Waals surface area contributed by atoms with Crippen LogP contribution in [0.1, 0.15) is 12.0 Å². The first-order valence-electron chi connectivity index (χ1n) is 6.29. The molecule has 1 aliphatic rings. The Bertz CT molecular complexity index is 405. The molecule has 0 amide bonds. The Kier molecular flexibility index (Phi) is 4.28. The summed E-state index contributed by atoms with van der Waals surface area (Å²) in [5.74, 6) is 0. The number of rotatable bonds is 3. The Balaban J connectivity index is 1.94. The maximum atomic E-state index is 10.6. The third-order valence-corrected chi connectivity index (χ3v) is 3.37. The van der Waals surface area contributed by atoms with Gasteiger partial charge in [0.2, 0.25) is 0 Å². The molecule has 1 aromatic carbocycles. The lowest BCUT2D eigenvalue weighted by atomic mass is 10.2. The summed E-state index contributed by atoms with van der Waals surface area (Å²) >= 11 is 0. The molecule has 18 heavy (non-hydrogen) atoms. The van der Waals surface area contributed by atoms with Gasteiger partial charge in [-0.3, -0.25) is 15.0 Å².